The maximum Gasteiger partial charge on any atom is 0.102 e. The zero-order valence-corrected chi connectivity index (χ0v) is 11.6. The standard InChI is InChI=1S/C12H20N6/c1-9-11(8-17(5)15-9)13-6-10-7-18(16-14-10)12(2,3)4/h7-8,13H,6H2,1-5H3. The number of aryl methyl sites for hydroxylation is 2. The molecule has 0 aliphatic carbocycles. The van der Waals surface area contributed by atoms with Crippen molar-refractivity contribution in [1.82, 2.24) is 24.8 Å². The third-order valence-corrected chi connectivity index (χ3v) is 2.70. The second kappa shape index (κ2) is 4.44. The second-order valence-electron chi connectivity index (χ2n) is 5.48. The van der Waals surface area contributed by atoms with E-state index in [9.17, 15) is 0 Å². The first-order valence-electron chi connectivity index (χ1n) is 6.02. The van der Waals surface area contributed by atoms with Crippen molar-refractivity contribution in [3.8, 4) is 0 Å². The monoisotopic (exact) mass is 248 g/mol. The van der Waals surface area contributed by atoms with Crippen molar-refractivity contribution in [2.75, 3.05) is 5.32 Å². The van der Waals surface area contributed by atoms with Crippen LogP contribution in [-0.2, 0) is 19.1 Å². The van der Waals surface area contributed by atoms with Crippen molar-refractivity contribution in [3.05, 3.63) is 23.8 Å². The van der Waals surface area contributed by atoms with Gasteiger partial charge >= 0.3 is 0 Å². The lowest BCUT2D eigenvalue weighted by Crippen LogP contribution is -2.22. The van der Waals surface area contributed by atoms with Gasteiger partial charge in [0, 0.05) is 13.2 Å². The first kappa shape index (κ1) is 12.6. The summed E-state index contributed by atoms with van der Waals surface area (Å²) < 4.78 is 3.67. The van der Waals surface area contributed by atoms with Gasteiger partial charge in [-0.15, -0.1) is 5.10 Å². The van der Waals surface area contributed by atoms with Crippen molar-refractivity contribution < 1.29 is 0 Å². The molecule has 6 nitrogen and oxygen atoms in total. The van der Waals surface area contributed by atoms with Gasteiger partial charge in [0.2, 0.25) is 0 Å². The molecule has 0 saturated carbocycles. The fourth-order valence-electron chi connectivity index (χ4n) is 1.67. The highest BCUT2D eigenvalue weighted by atomic mass is 15.4. The van der Waals surface area contributed by atoms with Crippen LogP contribution in [0.3, 0.4) is 0 Å². The topological polar surface area (TPSA) is 60.6 Å². The number of nitrogens with one attached hydrogen (secondary N) is 1. The molecule has 0 unspecified atom stereocenters. The average molecular weight is 248 g/mol. The molecule has 0 bridgehead atoms. The first-order chi connectivity index (χ1) is 8.36. The summed E-state index contributed by atoms with van der Waals surface area (Å²) in [5, 5.41) is 15.9. The van der Waals surface area contributed by atoms with E-state index in [4.69, 9.17) is 0 Å². The molecule has 0 atom stereocenters. The van der Waals surface area contributed by atoms with Crippen LogP contribution in [0.15, 0.2) is 12.4 Å². The van der Waals surface area contributed by atoms with E-state index in [2.05, 4.69) is 41.5 Å². The van der Waals surface area contributed by atoms with Crippen molar-refractivity contribution in [2.24, 2.45) is 7.05 Å². The van der Waals surface area contributed by atoms with Gasteiger partial charge in [0.1, 0.15) is 5.69 Å². The van der Waals surface area contributed by atoms with Crippen molar-refractivity contribution in [1.29, 1.82) is 0 Å². The summed E-state index contributed by atoms with van der Waals surface area (Å²) in [7, 11) is 1.91. The molecule has 2 rings (SSSR count). The van der Waals surface area contributed by atoms with Crippen LogP contribution in [0.2, 0.25) is 0 Å². The SMILES string of the molecule is Cc1nn(C)cc1NCc1cn(C(C)(C)C)nn1. The highest BCUT2D eigenvalue weighted by molar-refractivity contribution is 5.45. The van der Waals surface area contributed by atoms with Gasteiger partial charge in [-0.2, -0.15) is 5.10 Å². The molecule has 2 aromatic heterocycles. The van der Waals surface area contributed by atoms with E-state index in [0.29, 0.717) is 6.54 Å². The van der Waals surface area contributed by atoms with Gasteiger partial charge < -0.3 is 5.32 Å². The number of rotatable bonds is 3. The zero-order valence-electron chi connectivity index (χ0n) is 11.6. The minimum atomic E-state index is -0.0323. The van der Waals surface area contributed by atoms with Gasteiger partial charge in [0.15, 0.2) is 0 Å². The van der Waals surface area contributed by atoms with E-state index >= 15 is 0 Å². The Balaban J connectivity index is 2.03. The van der Waals surface area contributed by atoms with E-state index in [1.807, 2.05) is 31.0 Å². The van der Waals surface area contributed by atoms with Crippen LogP contribution in [0.1, 0.15) is 32.2 Å². The summed E-state index contributed by atoms with van der Waals surface area (Å²) in [6.45, 7) is 8.94. The van der Waals surface area contributed by atoms with Crippen LogP contribution in [-0.4, -0.2) is 24.8 Å². The lowest BCUT2D eigenvalue weighted by atomic mass is 10.1. The number of aromatic nitrogens is 5. The highest BCUT2D eigenvalue weighted by Crippen LogP contribution is 2.14. The fourth-order valence-corrected chi connectivity index (χ4v) is 1.67. The molecule has 18 heavy (non-hydrogen) atoms. The van der Waals surface area contributed by atoms with Gasteiger partial charge in [-0.05, 0) is 27.7 Å². The van der Waals surface area contributed by atoms with Crippen molar-refractivity contribution in [3.63, 3.8) is 0 Å². The van der Waals surface area contributed by atoms with Crippen LogP contribution in [0, 0.1) is 6.92 Å². The molecule has 0 amide bonds. The molecule has 0 fully saturated rings. The van der Waals surface area contributed by atoms with E-state index in [-0.39, 0.29) is 5.54 Å². The van der Waals surface area contributed by atoms with Gasteiger partial charge in [0.05, 0.1) is 29.7 Å². The quantitative estimate of drug-likeness (QED) is 0.898. The molecule has 6 heteroatoms. The molecule has 0 aliphatic rings. The van der Waals surface area contributed by atoms with Gasteiger partial charge in [-0.25, -0.2) is 4.68 Å². The second-order valence-corrected chi connectivity index (χ2v) is 5.48. The van der Waals surface area contributed by atoms with Crippen LogP contribution in [0.4, 0.5) is 5.69 Å². The largest absolute Gasteiger partial charge is 0.376 e. The summed E-state index contributed by atoms with van der Waals surface area (Å²) >= 11 is 0. The maximum absolute atomic E-state index is 4.28. The molecular formula is C12H20N6. The van der Waals surface area contributed by atoms with Crippen LogP contribution in [0.25, 0.3) is 0 Å². The van der Waals surface area contributed by atoms with Crippen LogP contribution in [0.5, 0.6) is 0 Å². The van der Waals surface area contributed by atoms with Crippen LogP contribution >= 0.6 is 0 Å². The zero-order chi connectivity index (χ0) is 13.3. The van der Waals surface area contributed by atoms with Crippen molar-refractivity contribution >= 4 is 5.69 Å². The molecule has 1 N–H and O–H groups in total. The Hall–Kier alpha value is -1.85. The Kier molecular flexibility index (Phi) is 3.11. The molecule has 98 valence electrons. The molecule has 2 aromatic rings. The first-order valence-corrected chi connectivity index (χ1v) is 6.02. The number of hydrogen-bond acceptors (Lipinski definition) is 4. The number of hydrogen-bond donors (Lipinski definition) is 1. The molecule has 2 heterocycles. The van der Waals surface area contributed by atoms with Gasteiger partial charge in [0.25, 0.3) is 0 Å². The minimum absolute atomic E-state index is 0.0323. The lowest BCUT2D eigenvalue weighted by Gasteiger charge is -2.17. The Morgan fingerprint density at radius 1 is 1.28 bits per heavy atom. The predicted octanol–water partition coefficient (Wildman–Crippen LogP) is 1.69. The Labute approximate surface area is 107 Å². The van der Waals surface area contributed by atoms with Crippen LogP contribution < -0.4 is 5.32 Å². The van der Waals surface area contributed by atoms with E-state index in [1.165, 1.54) is 0 Å². The van der Waals surface area contributed by atoms with E-state index < -0.39 is 0 Å². The average Bonchev–Trinajstić information content (AvgIpc) is 2.81. The van der Waals surface area contributed by atoms with E-state index in [0.717, 1.165) is 17.1 Å². The predicted molar refractivity (Wildman–Crippen MR) is 70.3 cm³/mol. The molecule has 0 aliphatic heterocycles. The minimum Gasteiger partial charge on any atom is -0.376 e. The Bertz CT molecular complexity index is 531. The Morgan fingerprint density at radius 3 is 2.50 bits per heavy atom. The summed E-state index contributed by atoms with van der Waals surface area (Å²) in [4.78, 5) is 0. The van der Waals surface area contributed by atoms with E-state index in [1.54, 1.807) is 4.68 Å². The fraction of sp³-hybridized carbons (Fsp3) is 0.583. The third kappa shape index (κ3) is 2.69. The highest BCUT2D eigenvalue weighted by Gasteiger charge is 2.15. The molecule has 0 saturated heterocycles. The lowest BCUT2D eigenvalue weighted by molar-refractivity contribution is 0.347. The smallest absolute Gasteiger partial charge is 0.102 e. The summed E-state index contributed by atoms with van der Waals surface area (Å²) in [5.41, 5.74) is 2.91. The summed E-state index contributed by atoms with van der Waals surface area (Å²) in [5.74, 6) is 0. The number of nitrogens with zero attached hydrogens (tertiary/aromatic N) is 5. The normalized spacial score (nSPS) is 11.8. The third-order valence-electron chi connectivity index (χ3n) is 2.70. The van der Waals surface area contributed by atoms with Gasteiger partial charge in [-0.1, -0.05) is 5.21 Å². The summed E-state index contributed by atoms with van der Waals surface area (Å²) in [6.07, 6.45) is 3.93. The maximum atomic E-state index is 4.28. The van der Waals surface area contributed by atoms with Gasteiger partial charge in [-0.3, -0.25) is 4.68 Å². The molecule has 0 aromatic carbocycles. The number of anilines is 1. The molecular weight excluding hydrogens is 228 g/mol. The summed E-state index contributed by atoms with van der Waals surface area (Å²) in [6, 6.07) is 0. The molecule has 0 spiro atoms. The Morgan fingerprint density at radius 2 is 2.00 bits per heavy atom. The molecule has 0 radical (unpaired) electrons. The van der Waals surface area contributed by atoms with Crippen molar-refractivity contribution in [2.45, 2.75) is 39.8 Å².